The molecule has 3 nitrogen and oxygen atoms in total. The van der Waals surface area contributed by atoms with Gasteiger partial charge in [0.1, 0.15) is 17.1 Å². The molecule has 0 saturated carbocycles. The van der Waals surface area contributed by atoms with E-state index in [-0.39, 0.29) is 0 Å². The maximum Gasteiger partial charge on any atom is 0.139 e. The molecule has 0 heterocycles. The quantitative estimate of drug-likeness (QED) is 0.695. The number of hydrogen-bond acceptors (Lipinski definition) is 3. The van der Waals surface area contributed by atoms with Crippen LogP contribution in [0.15, 0.2) is 24.3 Å². The molecular weight excluding hydrogens is 188 g/mol. The van der Waals surface area contributed by atoms with Gasteiger partial charge in [-0.1, -0.05) is 25.5 Å². The molecule has 0 aliphatic heterocycles. The lowest BCUT2D eigenvalue weighted by Crippen LogP contribution is -1.97. The maximum atomic E-state index is 10.2. The summed E-state index contributed by atoms with van der Waals surface area (Å²) in [6, 6.07) is 7.04. The van der Waals surface area contributed by atoms with E-state index in [0.717, 1.165) is 12.8 Å². The fraction of sp³-hybridized carbons (Fsp3) is 0.333. The van der Waals surface area contributed by atoms with Crippen molar-refractivity contribution >= 4 is 11.4 Å². The molecule has 0 saturated heterocycles. The van der Waals surface area contributed by atoms with Gasteiger partial charge in [-0.2, -0.15) is 0 Å². The molecule has 1 aromatic carbocycles. The molecule has 0 bridgehead atoms. The first kappa shape index (κ1) is 10.2. The fourth-order valence-corrected chi connectivity index (χ4v) is 1.35. The van der Waals surface area contributed by atoms with Crippen LogP contribution in [-0.4, -0.2) is 8.76 Å². The van der Waals surface area contributed by atoms with Gasteiger partial charge >= 0.3 is 0 Å². The molecule has 13 heavy (non-hydrogen) atoms. The highest BCUT2D eigenvalue weighted by Crippen LogP contribution is 2.13. The van der Waals surface area contributed by atoms with Crippen LogP contribution < -0.4 is 4.18 Å². The average molecular weight is 199 g/mol. The van der Waals surface area contributed by atoms with Crippen LogP contribution in [0.4, 0.5) is 0 Å². The summed E-state index contributed by atoms with van der Waals surface area (Å²) in [7, 11) is 0. The molecule has 1 atom stereocenters. The Labute approximate surface area is 80.2 Å². The van der Waals surface area contributed by atoms with Crippen LogP contribution >= 0.6 is 0 Å². The normalized spacial score (nSPS) is 12.5. The predicted molar refractivity (Wildman–Crippen MR) is 50.0 cm³/mol. The van der Waals surface area contributed by atoms with Crippen molar-refractivity contribution in [2.45, 2.75) is 19.8 Å². The topological polar surface area (TPSA) is 49.4 Å². The van der Waals surface area contributed by atoms with Crippen LogP contribution in [0.1, 0.15) is 18.9 Å². The summed E-state index contributed by atoms with van der Waals surface area (Å²) in [5.74, 6) is 0.355. The highest BCUT2D eigenvalue weighted by atomic mass is 32.2. The summed E-state index contributed by atoms with van der Waals surface area (Å²) in [6.07, 6.45) is 2.08. The van der Waals surface area contributed by atoms with Crippen molar-refractivity contribution in [2.24, 2.45) is 0 Å². The largest absolute Gasteiger partial charge is 0.740 e. The van der Waals surface area contributed by atoms with Gasteiger partial charge in [0.2, 0.25) is 0 Å². The smallest absolute Gasteiger partial charge is 0.139 e. The Morgan fingerprint density at radius 1 is 1.38 bits per heavy atom. The molecule has 1 aromatic rings. The second-order valence-corrected chi connectivity index (χ2v) is 3.26. The maximum absolute atomic E-state index is 10.2. The fourth-order valence-electron chi connectivity index (χ4n) is 1.08. The van der Waals surface area contributed by atoms with E-state index in [4.69, 9.17) is 0 Å². The molecule has 0 N–H and O–H groups in total. The van der Waals surface area contributed by atoms with Gasteiger partial charge in [0.15, 0.2) is 0 Å². The summed E-state index contributed by atoms with van der Waals surface area (Å²) in [6.45, 7) is 2.09. The van der Waals surface area contributed by atoms with Gasteiger partial charge in [-0.3, -0.25) is 0 Å². The molecule has 4 heteroatoms. The Morgan fingerprint density at radius 3 is 2.46 bits per heavy atom. The Kier molecular flexibility index (Phi) is 3.92. The van der Waals surface area contributed by atoms with Gasteiger partial charge in [0.25, 0.3) is 0 Å². The van der Waals surface area contributed by atoms with Crippen LogP contribution in [0.5, 0.6) is 5.75 Å². The minimum atomic E-state index is -2.48. The van der Waals surface area contributed by atoms with E-state index in [1.165, 1.54) is 5.56 Å². The van der Waals surface area contributed by atoms with Gasteiger partial charge in [0.05, 0.1) is 0 Å². The van der Waals surface area contributed by atoms with E-state index < -0.39 is 11.4 Å². The van der Waals surface area contributed by atoms with E-state index in [2.05, 4.69) is 11.1 Å². The van der Waals surface area contributed by atoms with Crippen LogP contribution in [0.3, 0.4) is 0 Å². The van der Waals surface area contributed by atoms with Crippen molar-refractivity contribution in [3.8, 4) is 5.75 Å². The molecule has 72 valence electrons. The van der Waals surface area contributed by atoms with E-state index in [1.54, 1.807) is 12.1 Å². The van der Waals surface area contributed by atoms with E-state index in [0.29, 0.717) is 5.75 Å². The average Bonchev–Trinajstić information content (AvgIpc) is 2.08. The molecule has 0 aliphatic carbocycles. The third-order valence-electron chi connectivity index (χ3n) is 1.63. The molecule has 0 amide bonds. The van der Waals surface area contributed by atoms with Crippen LogP contribution in [-0.2, 0) is 17.8 Å². The molecule has 0 aromatic heterocycles. The second kappa shape index (κ2) is 4.99. The van der Waals surface area contributed by atoms with Gasteiger partial charge in [0, 0.05) is 0 Å². The zero-order chi connectivity index (χ0) is 9.68. The first-order valence-electron chi connectivity index (χ1n) is 4.09. The highest BCUT2D eigenvalue weighted by Gasteiger charge is 1.94. The van der Waals surface area contributed by atoms with Crippen molar-refractivity contribution in [1.29, 1.82) is 0 Å². The lowest BCUT2D eigenvalue weighted by Gasteiger charge is -2.07. The summed E-state index contributed by atoms with van der Waals surface area (Å²) < 4.78 is 24.8. The van der Waals surface area contributed by atoms with Crippen LogP contribution in [0.2, 0.25) is 0 Å². The highest BCUT2D eigenvalue weighted by molar-refractivity contribution is 7.74. The number of benzene rings is 1. The molecule has 1 rings (SSSR count). The van der Waals surface area contributed by atoms with Crippen molar-refractivity contribution in [3.05, 3.63) is 29.8 Å². The third kappa shape index (κ3) is 3.57. The Morgan fingerprint density at radius 2 is 2.00 bits per heavy atom. The van der Waals surface area contributed by atoms with E-state index in [9.17, 15) is 8.76 Å². The molecular formula is C9H11O3S-. The SMILES string of the molecule is CCCc1ccc(OS(=O)[O-])cc1. The molecule has 0 aliphatic rings. The van der Waals surface area contributed by atoms with E-state index >= 15 is 0 Å². The lowest BCUT2D eigenvalue weighted by molar-refractivity contribution is 0.440. The summed E-state index contributed by atoms with van der Waals surface area (Å²) in [5.41, 5.74) is 1.19. The minimum absolute atomic E-state index is 0.355. The second-order valence-electron chi connectivity index (χ2n) is 2.68. The predicted octanol–water partition coefficient (Wildman–Crippen LogP) is 1.81. The Bertz CT molecular complexity index is 281. The summed E-state index contributed by atoms with van der Waals surface area (Å²) >= 11 is -2.48. The van der Waals surface area contributed by atoms with Gasteiger partial charge in [-0.15, -0.1) is 0 Å². The standard InChI is InChI=1S/C9H12O3S/c1-2-3-8-4-6-9(7-5-8)12-13(10)11/h4-7H,2-3H2,1H3,(H,10,11)/p-1. The monoisotopic (exact) mass is 199 g/mol. The minimum Gasteiger partial charge on any atom is -0.740 e. The summed E-state index contributed by atoms with van der Waals surface area (Å²) in [4.78, 5) is 0. The van der Waals surface area contributed by atoms with Crippen molar-refractivity contribution in [3.63, 3.8) is 0 Å². The number of hydrogen-bond donors (Lipinski definition) is 0. The number of rotatable bonds is 4. The molecule has 0 spiro atoms. The molecule has 0 fully saturated rings. The van der Waals surface area contributed by atoms with Crippen molar-refractivity contribution < 1.29 is 12.9 Å². The number of aryl methyl sites for hydroxylation is 1. The van der Waals surface area contributed by atoms with Gasteiger partial charge < -0.3 is 8.74 Å². The molecule has 0 radical (unpaired) electrons. The zero-order valence-electron chi connectivity index (χ0n) is 7.36. The Balaban J connectivity index is 2.64. The lowest BCUT2D eigenvalue weighted by atomic mass is 10.1. The summed E-state index contributed by atoms with van der Waals surface area (Å²) in [5, 5.41) is 0. The van der Waals surface area contributed by atoms with Crippen molar-refractivity contribution in [1.82, 2.24) is 0 Å². The van der Waals surface area contributed by atoms with Crippen LogP contribution in [0, 0.1) is 0 Å². The molecule has 1 unspecified atom stereocenters. The first-order chi connectivity index (χ1) is 6.22. The van der Waals surface area contributed by atoms with Gasteiger partial charge in [-0.05, 0) is 24.1 Å². The zero-order valence-corrected chi connectivity index (χ0v) is 8.17. The van der Waals surface area contributed by atoms with Crippen molar-refractivity contribution in [2.75, 3.05) is 0 Å². The van der Waals surface area contributed by atoms with Crippen LogP contribution in [0.25, 0.3) is 0 Å². The first-order valence-corrected chi connectivity index (χ1v) is 5.09. The third-order valence-corrected chi connectivity index (χ3v) is 1.95. The van der Waals surface area contributed by atoms with E-state index in [1.807, 2.05) is 12.1 Å². The Hall–Kier alpha value is -0.870. The van der Waals surface area contributed by atoms with Gasteiger partial charge in [-0.25, -0.2) is 4.21 Å².